The second-order valence-electron chi connectivity index (χ2n) is 6.28. The lowest BCUT2D eigenvalue weighted by Crippen LogP contribution is -2.36. The SMILES string of the molecule is Cc1ccc(F)c(NC(=O)c2cccc(S(=O)(=O)N[C@@H]3CCNC3)c2)c1. The van der Waals surface area contributed by atoms with E-state index < -0.39 is 21.7 Å². The number of halogens is 1. The first-order valence-corrected chi connectivity index (χ1v) is 9.74. The predicted octanol–water partition coefficient (Wildman–Crippen LogP) is 2.03. The predicted molar refractivity (Wildman–Crippen MR) is 97.1 cm³/mol. The summed E-state index contributed by atoms with van der Waals surface area (Å²) in [6, 6.07) is 9.90. The molecular weight excluding hydrogens is 357 g/mol. The molecule has 0 unspecified atom stereocenters. The van der Waals surface area contributed by atoms with Gasteiger partial charge in [-0.05, 0) is 55.8 Å². The molecule has 1 amide bonds. The fraction of sp³-hybridized carbons (Fsp3) is 0.278. The minimum absolute atomic E-state index is 0.00163. The van der Waals surface area contributed by atoms with E-state index in [1.165, 1.54) is 36.4 Å². The van der Waals surface area contributed by atoms with Gasteiger partial charge in [-0.3, -0.25) is 4.79 Å². The Hall–Kier alpha value is -2.29. The van der Waals surface area contributed by atoms with Crippen LogP contribution in [0, 0.1) is 12.7 Å². The summed E-state index contributed by atoms with van der Waals surface area (Å²) >= 11 is 0. The number of carbonyl (C=O) groups excluding carboxylic acids is 1. The summed E-state index contributed by atoms with van der Waals surface area (Å²) in [6.45, 7) is 3.12. The molecule has 0 radical (unpaired) electrons. The normalized spacial score (nSPS) is 17.2. The Morgan fingerprint density at radius 1 is 1.23 bits per heavy atom. The first kappa shape index (κ1) is 18.5. The van der Waals surface area contributed by atoms with E-state index in [4.69, 9.17) is 0 Å². The highest BCUT2D eigenvalue weighted by Crippen LogP contribution is 2.18. The van der Waals surface area contributed by atoms with Crippen molar-refractivity contribution in [1.29, 1.82) is 0 Å². The molecule has 3 rings (SSSR count). The summed E-state index contributed by atoms with van der Waals surface area (Å²) in [6.07, 6.45) is 0.714. The standard InChI is InChI=1S/C18H20FN3O3S/c1-12-5-6-16(19)17(9-12)21-18(23)13-3-2-4-15(10-13)26(24,25)22-14-7-8-20-11-14/h2-6,9-10,14,20,22H,7-8,11H2,1H3,(H,21,23)/t14-/m1/s1. The zero-order valence-corrected chi connectivity index (χ0v) is 15.1. The number of nitrogens with one attached hydrogen (secondary N) is 3. The summed E-state index contributed by atoms with van der Waals surface area (Å²) in [7, 11) is -3.73. The number of hydrogen-bond donors (Lipinski definition) is 3. The topological polar surface area (TPSA) is 87.3 Å². The third kappa shape index (κ3) is 4.27. The van der Waals surface area contributed by atoms with Crippen LogP contribution in [0.4, 0.5) is 10.1 Å². The summed E-state index contributed by atoms with van der Waals surface area (Å²) < 4.78 is 41.4. The maximum atomic E-state index is 13.8. The molecule has 1 heterocycles. The maximum absolute atomic E-state index is 13.8. The molecule has 0 bridgehead atoms. The molecule has 2 aromatic rings. The Balaban J connectivity index is 1.79. The zero-order chi connectivity index (χ0) is 18.7. The van der Waals surface area contributed by atoms with Gasteiger partial charge in [0.25, 0.3) is 5.91 Å². The highest BCUT2D eigenvalue weighted by Gasteiger charge is 2.23. The van der Waals surface area contributed by atoms with E-state index in [1.54, 1.807) is 13.0 Å². The molecule has 1 aliphatic rings. The van der Waals surface area contributed by atoms with Gasteiger partial charge in [0.1, 0.15) is 5.82 Å². The van der Waals surface area contributed by atoms with Crippen LogP contribution in [0.2, 0.25) is 0 Å². The van der Waals surface area contributed by atoms with Gasteiger partial charge in [-0.2, -0.15) is 0 Å². The Labute approximate surface area is 151 Å². The van der Waals surface area contributed by atoms with E-state index >= 15 is 0 Å². The second kappa shape index (κ2) is 7.53. The average Bonchev–Trinajstić information content (AvgIpc) is 3.10. The molecule has 1 fully saturated rings. The highest BCUT2D eigenvalue weighted by molar-refractivity contribution is 7.89. The molecule has 138 valence electrons. The number of benzene rings is 2. The lowest BCUT2D eigenvalue weighted by Gasteiger charge is -2.13. The number of amides is 1. The lowest BCUT2D eigenvalue weighted by atomic mass is 10.2. The fourth-order valence-electron chi connectivity index (χ4n) is 2.78. The van der Waals surface area contributed by atoms with Gasteiger partial charge in [-0.1, -0.05) is 12.1 Å². The van der Waals surface area contributed by atoms with Crippen LogP contribution in [0.1, 0.15) is 22.3 Å². The van der Waals surface area contributed by atoms with Crippen molar-refractivity contribution in [3.8, 4) is 0 Å². The Bertz CT molecular complexity index is 925. The minimum Gasteiger partial charge on any atom is -0.319 e. The molecule has 1 atom stereocenters. The van der Waals surface area contributed by atoms with Crippen molar-refractivity contribution in [3.05, 3.63) is 59.4 Å². The summed E-state index contributed by atoms with van der Waals surface area (Å²) in [5, 5.41) is 5.57. The summed E-state index contributed by atoms with van der Waals surface area (Å²) in [4.78, 5) is 12.4. The third-order valence-electron chi connectivity index (χ3n) is 4.16. The van der Waals surface area contributed by atoms with Gasteiger partial charge >= 0.3 is 0 Å². The molecule has 3 N–H and O–H groups in total. The number of carbonyl (C=O) groups is 1. The van der Waals surface area contributed by atoms with Crippen molar-refractivity contribution >= 4 is 21.6 Å². The van der Waals surface area contributed by atoms with Crippen LogP contribution in [0.3, 0.4) is 0 Å². The van der Waals surface area contributed by atoms with Crippen molar-refractivity contribution in [2.75, 3.05) is 18.4 Å². The van der Waals surface area contributed by atoms with Crippen molar-refractivity contribution < 1.29 is 17.6 Å². The zero-order valence-electron chi connectivity index (χ0n) is 14.3. The van der Waals surface area contributed by atoms with E-state index in [0.29, 0.717) is 13.0 Å². The molecule has 26 heavy (non-hydrogen) atoms. The monoisotopic (exact) mass is 377 g/mol. The van der Waals surface area contributed by atoms with Gasteiger partial charge in [-0.15, -0.1) is 0 Å². The molecule has 8 heteroatoms. The van der Waals surface area contributed by atoms with Gasteiger partial charge in [0.05, 0.1) is 10.6 Å². The number of anilines is 1. The Morgan fingerprint density at radius 3 is 2.77 bits per heavy atom. The van der Waals surface area contributed by atoms with Crippen molar-refractivity contribution in [2.45, 2.75) is 24.3 Å². The molecular formula is C18H20FN3O3S. The largest absolute Gasteiger partial charge is 0.319 e. The molecule has 1 saturated heterocycles. The molecule has 2 aromatic carbocycles. The summed E-state index contributed by atoms with van der Waals surface area (Å²) in [5.41, 5.74) is 0.990. The van der Waals surface area contributed by atoms with E-state index in [2.05, 4.69) is 15.4 Å². The molecule has 6 nitrogen and oxygen atoms in total. The van der Waals surface area contributed by atoms with Gasteiger partial charge in [0.15, 0.2) is 0 Å². The second-order valence-corrected chi connectivity index (χ2v) is 7.99. The third-order valence-corrected chi connectivity index (χ3v) is 5.68. The van der Waals surface area contributed by atoms with Crippen LogP contribution >= 0.6 is 0 Å². The number of aryl methyl sites for hydroxylation is 1. The Morgan fingerprint density at radius 2 is 2.04 bits per heavy atom. The molecule has 0 saturated carbocycles. The molecule has 1 aliphatic heterocycles. The van der Waals surface area contributed by atoms with Gasteiger partial charge in [-0.25, -0.2) is 17.5 Å². The first-order valence-electron chi connectivity index (χ1n) is 8.26. The van der Waals surface area contributed by atoms with E-state index in [1.807, 2.05) is 0 Å². The number of rotatable bonds is 5. The van der Waals surface area contributed by atoms with Gasteiger partial charge in [0.2, 0.25) is 10.0 Å². The van der Waals surface area contributed by atoms with Crippen LogP contribution in [0.15, 0.2) is 47.4 Å². The van der Waals surface area contributed by atoms with E-state index in [9.17, 15) is 17.6 Å². The van der Waals surface area contributed by atoms with Crippen molar-refractivity contribution in [2.24, 2.45) is 0 Å². The minimum atomic E-state index is -3.73. The van der Waals surface area contributed by atoms with Crippen LogP contribution in [-0.4, -0.2) is 33.5 Å². The highest BCUT2D eigenvalue weighted by atomic mass is 32.2. The van der Waals surface area contributed by atoms with E-state index in [-0.39, 0.29) is 22.2 Å². The van der Waals surface area contributed by atoms with Crippen molar-refractivity contribution in [3.63, 3.8) is 0 Å². The van der Waals surface area contributed by atoms with Gasteiger partial charge < -0.3 is 10.6 Å². The van der Waals surface area contributed by atoms with Gasteiger partial charge in [0, 0.05) is 18.2 Å². The Kier molecular flexibility index (Phi) is 5.36. The van der Waals surface area contributed by atoms with E-state index in [0.717, 1.165) is 12.1 Å². The smallest absolute Gasteiger partial charge is 0.255 e. The van der Waals surface area contributed by atoms with Crippen LogP contribution in [0.5, 0.6) is 0 Å². The maximum Gasteiger partial charge on any atom is 0.255 e. The first-order chi connectivity index (χ1) is 12.3. The molecule has 0 aromatic heterocycles. The average molecular weight is 377 g/mol. The number of hydrogen-bond acceptors (Lipinski definition) is 4. The lowest BCUT2D eigenvalue weighted by molar-refractivity contribution is 0.102. The quantitative estimate of drug-likeness (QED) is 0.744. The summed E-state index contributed by atoms with van der Waals surface area (Å²) in [5.74, 6) is -1.13. The fourth-order valence-corrected chi connectivity index (χ4v) is 4.09. The molecule has 0 aliphatic carbocycles. The molecule has 0 spiro atoms. The van der Waals surface area contributed by atoms with Crippen LogP contribution in [0.25, 0.3) is 0 Å². The van der Waals surface area contributed by atoms with Crippen molar-refractivity contribution in [1.82, 2.24) is 10.0 Å². The van der Waals surface area contributed by atoms with Crippen LogP contribution < -0.4 is 15.4 Å². The van der Waals surface area contributed by atoms with Crippen LogP contribution in [-0.2, 0) is 10.0 Å². The number of sulfonamides is 1.